The summed E-state index contributed by atoms with van der Waals surface area (Å²) in [5.74, 6) is -0.0126. The van der Waals surface area contributed by atoms with E-state index in [1.165, 1.54) is 16.9 Å². The molecular formula is C16H20N2O2S. The number of methoxy groups -OCH3 is 1. The molecule has 1 aromatic carbocycles. The molecule has 0 aliphatic heterocycles. The summed E-state index contributed by atoms with van der Waals surface area (Å²) in [5.41, 5.74) is 3.51. The average molecular weight is 304 g/mol. The van der Waals surface area contributed by atoms with Crippen LogP contribution in [-0.2, 0) is 11.2 Å². The Morgan fingerprint density at radius 2 is 2.10 bits per heavy atom. The second-order valence-corrected chi connectivity index (χ2v) is 5.47. The van der Waals surface area contributed by atoms with E-state index in [-0.39, 0.29) is 5.91 Å². The lowest BCUT2D eigenvalue weighted by atomic mass is 10.1. The molecule has 1 heterocycles. The molecule has 0 aliphatic rings. The van der Waals surface area contributed by atoms with Crippen LogP contribution in [0.1, 0.15) is 22.5 Å². The van der Waals surface area contributed by atoms with Crippen LogP contribution in [0.15, 0.2) is 41.2 Å². The van der Waals surface area contributed by atoms with Crippen molar-refractivity contribution >= 4 is 17.2 Å². The molecular weight excluding hydrogens is 284 g/mol. The van der Waals surface area contributed by atoms with Crippen molar-refractivity contribution in [2.75, 3.05) is 26.8 Å². The predicted molar refractivity (Wildman–Crippen MR) is 84.7 cm³/mol. The van der Waals surface area contributed by atoms with E-state index in [0.717, 1.165) is 12.8 Å². The van der Waals surface area contributed by atoms with Crippen molar-refractivity contribution in [3.05, 3.63) is 52.5 Å². The van der Waals surface area contributed by atoms with Gasteiger partial charge in [0.1, 0.15) is 5.69 Å². The molecule has 0 saturated heterocycles. The third-order valence-electron chi connectivity index (χ3n) is 3.24. The smallest absolute Gasteiger partial charge is 0.273 e. The number of thiazole rings is 1. The summed E-state index contributed by atoms with van der Waals surface area (Å²) in [4.78, 5) is 18.3. The van der Waals surface area contributed by atoms with E-state index in [1.54, 1.807) is 18.0 Å². The van der Waals surface area contributed by atoms with Gasteiger partial charge in [-0.05, 0) is 18.4 Å². The summed E-state index contributed by atoms with van der Waals surface area (Å²) in [6.07, 6.45) is 1.90. The van der Waals surface area contributed by atoms with Crippen molar-refractivity contribution in [1.82, 2.24) is 9.88 Å². The lowest BCUT2D eigenvalue weighted by molar-refractivity contribution is 0.0688. The molecule has 0 N–H and O–H groups in total. The molecule has 0 atom stereocenters. The fourth-order valence-corrected chi connectivity index (χ4v) is 2.64. The Kier molecular flexibility index (Phi) is 6.37. The average Bonchev–Trinajstić information content (AvgIpc) is 3.05. The van der Waals surface area contributed by atoms with Crippen molar-refractivity contribution < 1.29 is 9.53 Å². The first-order chi connectivity index (χ1) is 10.3. The van der Waals surface area contributed by atoms with Gasteiger partial charge < -0.3 is 9.64 Å². The van der Waals surface area contributed by atoms with E-state index < -0.39 is 0 Å². The topological polar surface area (TPSA) is 42.4 Å². The Hall–Kier alpha value is -1.72. The summed E-state index contributed by atoms with van der Waals surface area (Å²) in [6.45, 7) is 1.86. The van der Waals surface area contributed by atoms with Crippen molar-refractivity contribution in [2.45, 2.75) is 12.8 Å². The molecule has 1 aromatic heterocycles. The van der Waals surface area contributed by atoms with Gasteiger partial charge in [-0.2, -0.15) is 0 Å². The number of benzene rings is 1. The first-order valence-electron chi connectivity index (χ1n) is 7.01. The highest BCUT2D eigenvalue weighted by Crippen LogP contribution is 2.08. The SMILES string of the molecule is COCCN(CCCc1ccccc1)C(=O)c1cscn1. The molecule has 4 nitrogen and oxygen atoms in total. The summed E-state index contributed by atoms with van der Waals surface area (Å²) >= 11 is 1.44. The van der Waals surface area contributed by atoms with Crippen LogP contribution in [0, 0.1) is 0 Å². The second kappa shape index (κ2) is 8.54. The van der Waals surface area contributed by atoms with Gasteiger partial charge in [0.2, 0.25) is 0 Å². The Balaban J connectivity index is 1.88. The zero-order valence-electron chi connectivity index (χ0n) is 12.2. The third-order valence-corrected chi connectivity index (χ3v) is 3.83. The van der Waals surface area contributed by atoms with Crippen molar-refractivity contribution in [3.8, 4) is 0 Å². The summed E-state index contributed by atoms with van der Waals surface area (Å²) < 4.78 is 5.09. The van der Waals surface area contributed by atoms with Gasteiger partial charge in [0.05, 0.1) is 12.1 Å². The number of aromatic nitrogens is 1. The number of ether oxygens (including phenoxy) is 1. The second-order valence-electron chi connectivity index (χ2n) is 4.75. The number of amides is 1. The number of hydrogen-bond acceptors (Lipinski definition) is 4. The Morgan fingerprint density at radius 1 is 1.29 bits per heavy atom. The van der Waals surface area contributed by atoms with E-state index >= 15 is 0 Å². The number of carbonyl (C=O) groups excluding carboxylic acids is 1. The molecule has 112 valence electrons. The maximum absolute atomic E-state index is 12.4. The van der Waals surface area contributed by atoms with Crippen LogP contribution in [0.4, 0.5) is 0 Å². The van der Waals surface area contributed by atoms with Gasteiger partial charge >= 0.3 is 0 Å². The molecule has 0 bridgehead atoms. The van der Waals surface area contributed by atoms with E-state index in [4.69, 9.17) is 4.74 Å². The largest absolute Gasteiger partial charge is 0.383 e. The van der Waals surface area contributed by atoms with Gasteiger partial charge in [-0.15, -0.1) is 11.3 Å². The molecule has 0 aliphatic carbocycles. The lowest BCUT2D eigenvalue weighted by Crippen LogP contribution is -2.35. The highest BCUT2D eigenvalue weighted by Gasteiger charge is 2.16. The minimum absolute atomic E-state index is 0.0126. The Morgan fingerprint density at radius 3 is 2.76 bits per heavy atom. The van der Waals surface area contributed by atoms with E-state index in [0.29, 0.717) is 25.4 Å². The van der Waals surface area contributed by atoms with E-state index in [9.17, 15) is 4.79 Å². The van der Waals surface area contributed by atoms with Crippen molar-refractivity contribution in [2.24, 2.45) is 0 Å². The molecule has 2 rings (SSSR count). The fourth-order valence-electron chi connectivity index (χ4n) is 2.12. The quantitative estimate of drug-likeness (QED) is 0.753. The number of rotatable bonds is 8. The normalized spacial score (nSPS) is 10.5. The first kappa shape index (κ1) is 15.7. The molecule has 0 saturated carbocycles. The highest BCUT2D eigenvalue weighted by atomic mass is 32.1. The van der Waals surface area contributed by atoms with Gasteiger partial charge in [0, 0.05) is 25.6 Å². The monoisotopic (exact) mass is 304 g/mol. The van der Waals surface area contributed by atoms with Crippen LogP contribution in [-0.4, -0.2) is 42.6 Å². The summed E-state index contributed by atoms with van der Waals surface area (Å²) in [5, 5.41) is 1.79. The Labute approximate surface area is 129 Å². The van der Waals surface area contributed by atoms with Crippen LogP contribution >= 0.6 is 11.3 Å². The number of nitrogens with zero attached hydrogens (tertiary/aromatic N) is 2. The van der Waals surface area contributed by atoms with Gasteiger partial charge in [-0.3, -0.25) is 4.79 Å². The third kappa shape index (κ3) is 4.95. The highest BCUT2D eigenvalue weighted by molar-refractivity contribution is 7.07. The number of aryl methyl sites for hydroxylation is 1. The summed E-state index contributed by atoms with van der Waals surface area (Å²) in [6, 6.07) is 10.3. The standard InChI is InChI=1S/C16H20N2O2S/c1-20-11-10-18(16(19)15-12-21-13-17-15)9-5-8-14-6-3-2-4-7-14/h2-4,6-7,12-13H,5,8-11H2,1H3. The maximum atomic E-state index is 12.4. The van der Waals surface area contributed by atoms with Crippen LogP contribution < -0.4 is 0 Å². The molecule has 0 radical (unpaired) electrons. The zero-order valence-corrected chi connectivity index (χ0v) is 13.0. The van der Waals surface area contributed by atoms with Crippen LogP contribution in [0.2, 0.25) is 0 Å². The minimum Gasteiger partial charge on any atom is -0.383 e. The number of hydrogen-bond donors (Lipinski definition) is 0. The molecule has 0 fully saturated rings. The van der Waals surface area contributed by atoms with E-state index in [1.807, 2.05) is 23.1 Å². The number of carbonyl (C=O) groups is 1. The van der Waals surface area contributed by atoms with Crippen molar-refractivity contribution in [3.63, 3.8) is 0 Å². The van der Waals surface area contributed by atoms with Crippen LogP contribution in [0.3, 0.4) is 0 Å². The van der Waals surface area contributed by atoms with Crippen molar-refractivity contribution in [1.29, 1.82) is 0 Å². The Bertz CT molecular complexity index is 528. The predicted octanol–water partition coefficient (Wildman–Crippen LogP) is 2.86. The molecule has 1 amide bonds. The van der Waals surface area contributed by atoms with Gasteiger partial charge in [-0.1, -0.05) is 30.3 Å². The van der Waals surface area contributed by atoms with E-state index in [2.05, 4.69) is 17.1 Å². The zero-order chi connectivity index (χ0) is 14.9. The fraction of sp³-hybridized carbons (Fsp3) is 0.375. The molecule has 5 heteroatoms. The van der Waals surface area contributed by atoms with Crippen LogP contribution in [0.5, 0.6) is 0 Å². The first-order valence-corrected chi connectivity index (χ1v) is 7.96. The summed E-state index contributed by atoms with van der Waals surface area (Å²) in [7, 11) is 1.65. The van der Waals surface area contributed by atoms with Crippen LogP contribution in [0.25, 0.3) is 0 Å². The molecule has 0 spiro atoms. The van der Waals surface area contributed by atoms with Gasteiger partial charge in [0.15, 0.2) is 0 Å². The minimum atomic E-state index is -0.0126. The van der Waals surface area contributed by atoms with Gasteiger partial charge in [-0.25, -0.2) is 4.98 Å². The molecule has 2 aromatic rings. The maximum Gasteiger partial charge on any atom is 0.273 e. The molecule has 0 unspecified atom stereocenters. The molecule has 21 heavy (non-hydrogen) atoms. The van der Waals surface area contributed by atoms with Gasteiger partial charge in [0.25, 0.3) is 5.91 Å². The lowest BCUT2D eigenvalue weighted by Gasteiger charge is -2.21.